The minimum Gasteiger partial charge on any atom is -0.311 e. The number of nitrogens with zero attached hydrogens (tertiary/aromatic N) is 2. The van der Waals surface area contributed by atoms with Gasteiger partial charge in [0.25, 0.3) is 6.71 Å². The van der Waals surface area contributed by atoms with Crippen LogP contribution in [0.3, 0.4) is 0 Å². The standard InChI is InChI=1S/C64H73BN2S/c1-38-31-53-56-54(32-38)67(51-36-48-46(61(9,10)27-29-63(48,13)14)34-44(51)43-20-18-17-19-39(43)2)52-37-49-47(62(11,12)28-30-64(49,15)16)35-50(52)65(56)58-57(45-33-41(60(6,7)8)23-26-55(45)68-58)66(53)42-24-21-40(22-25-42)59(3,4)5/h17-26,31-37H,27-30H2,1-16H3. The van der Waals surface area contributed by atoms with Gasteiger partial charge >= 0.3 is 0 Å². The Bertz CT molecular complexity index is 3230. The van der Waals surface area contributed by atoms with E-state index in [1.807, 2.05) is 11.3 Å². The summed E-state index contributed by atoms with van der Waals surface area (Å²) in [7, 11) is 0. The predicted octanol–water partition coefficient (Wildman–Crippen LogP) is 16.6. The van der Waals surface area contributed by atoms with Crippen molar-refractivity contribution >= 4 is 78.0 Å². The van der Waals surface area contributed by atoms with Gasteiger partial charge in [-0.1, -0.05) is 145 Å². The maximum atomic E-state index is 2.77. The van der Waals surface area contributed by atoms with Crippen molar-refractivity contribution in [2.75, 3.05) is 9.80 Å². The molecule has 0 atom stereocenters. The number of thiophene rings is 1. The van der Waals surface area contributed by atoms with E-state index >= 15 is 0 Å². The zero-order chi connectivity index (χ0) is 48.4. The molecule has 0 saturated heterocycles. The second-order valence-electron chi connectivity index (χ2n) is 26.1. The van der Waals surface area contributed by atoms with Crippen molar-refractivity contribution in [2.45, 2.75) is 169 Å². The molecule has 4 heteroatoms. The summed E-state index contributed by atoms with van der Waals surface area (Å²) in [5, 5.41) is 1.36. The van der Waals surface area contributed by atoms with Gasteiger partial charge in [-0.2, -0.15) is 0 Å². The van der Waals surface area contributed by atoms with Gasteiger partial charge in [0, 0.05) is 43.2 Å². The fraction of sp³-hybridized carbons (Fsp3) is 0.406. The SMILES string of the molecule is Cc1cc2c3c(c1)N(c1ccc(C(C)(C)C)cc1)c1c(sc4ccc(C(C)(C)C)cc14)B3c1cc3c(cc1N2c1cc2c(cc1-c1ccccc1C)C(C)(C)CCC2(C)C)C(C)(C)CCC3(C)C. The van der Waals surface area contributed by atoms with Gasteiger partial charge < -0.3 is 9.80 Å². The number of hydrogen-bond acceptors (Lipinski definition) is 3. The third-order valence-corrected chi connectivity index (χ3v) is 18.5. The number of anilines is 6. The molecular formula is C64H73BN2S. The summed E-state index contributed by atoms with van der Waals surface area (Å²) in [6.07, 6.45) is 4.69. The van der Waals surface area contributed by atoms with E-state index in [0.717, 1.165) is 0 Å². The summed E-state index contributed by atoms with van der Waals surface area (Å²) in [5.41, 5.74) is 24.9. The lowest BCUT2D eigenvalue weighted by Crippen LogP contribution is -2.61. The Labute approximate surface area is 413 Å². The molecule has 0 amide bonds. The molecule has 348 valence electrons. The van der Waals surface area contributed by atoms with Gasteiger partial charge in [-0.3, -0.25) is 0 Å². The highest BCUT2D eigenvalue weighted by molar-refractivity contribution is 7.33. The normalized spacial score (nSPS) is 18.4. The molecule has 0 fully saturated rings. The molecule has 4 aliphatic rings. The van der Waals surface area contributed by atoms with Gasteiger partial charge in [-0.15, -0.1) is 11.3 Å². The van der Waals surface area contributed by atoms with Crippen LogP contribution in [0.25, 0.3) is 21.2 Å². The fourth-order valence-corrected chi connectivity index (χ4v) is 14.0. The minimum atomic E-state index is 0.0153. The molecule has 0 unspecified atom stereocenters. The van der Waals surface area contributed by atoms with Crippen molar-refractivity contribution in [1.29, 1.82) is 0 Å². The van der Waals surface area contributed by atoms with Gasteiger partial charge in [-0.05, 0) is 188 Å². The molecule has 1 aromatic heterocycles. The monoisotopic (exact) mass is 913 g/mol. The number of rotatable bonds is 3. The molecule has 0 bridgehead atoms. The zero-order valence-electron chi connectivity index (χ0n) is 44.0. The predicted molar refractivity (Wildman–Crippen MR) is 299 cm³/mol. The highest BCUT2D eigenvalue weighted by Gasteiger charge is 2.49. The third-order valence-electron chi connectivity index (χ3n) is 17.3. The molecule has 2 nitrogen and oxygen atoms in total. The molecule has 0 saturated carbocycles. The summed E-state index contributed by atoms with van der Waals surface area (Å²) in [5.74, 6) is 0. The van der Waals surface area contributed by atoms with Gasteiger partial charge in [0.05, 0.1) is 11.4 Å². The Morgan fingerprint density at radius 2 is 1.01 bits per heavy atom. The molecule has 3 heterocycles. The van der Waals surface area contributed by atoms with Crippen LogP contribution in [-0.2, 0) is 32.5 Å². The highest BCUT2D eigenvalue weighted by atomic mass is 32.1. The molecule has 0 N–H and O–H groups in total. The first kappa shape index (κ1) is 45.4. The Hall–Kier alpha value is -5.06. The average Bonchev–Trinajstić information content (AvgIpc) is 3.64. The van der Waals surface area contributed by atoms with Crippen LogP contribution in [0.2, 0.25) is 0 Å². The maximum absolute atomic E-state index is 2.77. The van der Waals surface area contributed by atoms with Crippen molar-refractivity contribution < 1.29 is 0 Å². The third kappa shape index (κ3) is 6.84. The van der Waals surface area contributed by atoms with Gasteiger partial charge in [0.15, 0.2) is 0 Å². The van der Waals surface area contributed by atoms with E-state index in [1.165, 1.54) is 141 Å². The first-order chi connectivity index (χ1) is 31.8. The lowest BCUT2D eigenvalue weighted by atomic mass is 9.35. The number of benzene rings is 6. The average molecular weight is 913 g/mol. The second kappa shape index (κ2) is 14.7. The Morgan fingerprint density at radius 1 is 0.500 bits per heavy atom. The van der Waals surface area contributed by atoms with Crippen molar-refractivity contribution in [1.82, 2.24) is 0 Å². The van der Waals surface area contributed by atoms with Crippen LogP contribution in [0.5, 0.6) is 0 Å². The van der Waals surface area contributed by atoms with E-state index in [4.69, 9.17) is 0 Å². The van der Waals surface area contributed by atoms with Crippen LogP contribution in [-0.4, -0.2) is 6.71 Å². The van der Waals surface area contributed by atoms with E-state index in [2.05, 4.69) is 224 Å². The van der Waals surface area contributed by atoms with Crippen LogP contribution in [0.15, 0.2) is 103 Å². The molecule has 6 aromatic carbocycles. The molecule has 0 radical (unpaired) electrons. The van der Waals surface area contributed by atoms with Crippen molar-refractivity contribution in [3.05, 3.63) is 148 Å². The summed E-state index contributed by atoms with van der Waals surface area (Å²) < 4.78 is 2.81. The molecule has 68 heavy (non-hydrogen) atoms. The lowest BCUT2D eigenvalue weighted by molar-refractivity contribution is 0.332. The van der Waals surface area contributed by atoms with E-state index < -0.39 is 0 Å². The van der Waals surface area contributed by atoms with Gasteiger partial charge in [0.1, 0.15) is 0 Å². The van der Waals surface area contributed by atoms with E-state index in [0.29, 0.717) is 0 Å². The van der Waals surface area contributed by atoms with Crippen LogP contribution >= 0.6 is 11.3 Å². The topological polar surface area (TPSA) is 6.48 Å². The second-order valence-corrected chi connectivity index (χ2v) is 27.2. The summed E-state index contributed by atoms with van der Waals surface area (Å²) in [6, 6.07) is 41.8. The van der Waals surface area contributed by atoms with Gasteiger partial charge in [-0.25, -0.2) is 0 Å². The maximum Gasteiger partial charge on any atom is 0.264 e. The van der Waals surface area contributed by atoms with Crippen LogP contribution < -0.4 is 25.5 Å². The van der Waals surface area contributed by atoms with Crippen LogP contribution in [0.1, 0.15) is 167 Å². The molecule has 11 rings (SSSR count). The lowest BCUT2D eigenvalue weighted by Gasteiger charge is -2.48. The molecular weight excluding hydrogens is 840 g/mol. The smallest absolute Gasteiger partial charge is 0.264 e. The Balaban J connectivity index is 1.31. The largest absolute Gasteiger partial charge is 0.311 e. The zero-order valence-corrected chi connectivity index (χ0v) is 44.8. The first-order valence-electron chi connectivity index (χ1n) is 25.6. The highest BCUT2D eigenvalue weighted by Crippen LogP contribution is 2.56. The minimum absolute atomic E-state index is 0.0153. The van der Waals surface area contributed by atoms with Crippen molar-refractivity contribution in [3.63, 3.8) is 0 Å². The van der Waals surface area contributed by atoms with E-state index in [9.17, 15) is 0 Å². The first-order valence-corrected chi connectivity index (χ1v) is 26.4. The number of hydrogen-bond donors (Lipinski definition) is 0. The molecule has 2 aliphatic heterocycles. The van der Waals surface area contributed by atoms with Crippen molar-refractivity contribution in [2.24, 2.45) is 0 Å². The Kier molecular flexibility index (Phi) is 9.84. The summed E-state index contributed by atoms with van der Waals surface area (Å²) in [4.78, 5) is 5.44. The number of fused-ring (bicyclic) bond motifs is 8. The number of aryl methyl sites for hydroxylation is 2. The van der Waals surface area contributed by atoms with Gasteiger partial charge in [0.2, 0.25) is 0 Å². The van der Waals surface area contributed by atoms with E-state index in [-0.39, 0.29) is 39.2 Å². The van der Waals surface area contributed by atoms with Crippen LogP contribution in [0.4, 0.5) is 34.1 Å². The summed E-state index contributed by atoms with van der Waals surface area (Å²) in [6.45, 7) is 38.7. The summed E-state index contributed by atoms with van der Waals surface area (Å²) >= 11 is 2.03. The molecule has 0 spiro atoms. The molecule has 7 aromatic rings. The Morgan fingerprint density at radius 3 is 1.59 bits per heavy atom. The van der Waals surface area contributed by atoms with Crippen molar-refractivity contribution in [3.8, 4) is 11.1 Å². The van der Waals surface area contributed by atoms with Crippen LogP contribution in [0, 0.1) is 13.8 Å². The molecule has 2 aliphatic carbocycles. The fourth-order valence-electron chi connectivity index (χ4n) is 12.7. The quantitative estimate of drug-likeness (QED) is 0.163. The van der Waals surface area contributed by atoms with E-state index in [1.54, 1.807) is 0 Å².